The quantitative estimate of drug-likeness (QED) is 0.678. The zero-order valence-electron chi connectivity index (χ0n) is 10.5. The Hall–Kier alpha value is -1.17. The molecule has 1 N–H and O–H groups in total. The van der Waals surface area contributed by atoms with E-state index in [0.717, 1.165) is 21.2 Å². The number of H-pyrrole nitrogens is 1. The minimum atomic E-state index is -0.143. The number of nitrogens with zero attached hydrogens (tertiary/aromatic N) is 1. The standard InChI is InChI=1S/C14H10BrClN2OS/c1-7-2-3-10(15)8(4-7)9-6-20-14-12(9)13(19)17-11(5-16)18-14/h2-4,6H,5H2,1H3,(H,17,18,19). The van der Waals surface area contributed by atoms with Crippen LogP contribution in [0.3, 0.4) is 0 Å². The molecule has 0 amide bonds. The third-order valence-electron chi connectivity index (χ3n) is 3.03. The summed E-state index contributed by atoms with van der Waals surface area (Å²) in [7, 11) is 0. The Labute approximate surface area is 132 Å². The van der Waals surface area contributed by atoms with E-state index in [2.05, 4.69) is 32.0 Å². The van der Waals surface area contributed by atoms with E-state index < -0.39 is 0 Å². The van der Waals surface area contributed by atoms with Gasteiger partial charge in [-0.25, -0.2) is 4.98 Å². The molecule has 0 fully saturated rings. The van der Waals surface area contributed by atoms with E-state index in [1.54, 1.807) is 0 Å². The summed E-state index contributed by atoms with van der Waals surface area (Å²) in [4.78, 5) is 20.1. The van der Waals surface area contributed by atoms with Gasteiger partial charge in [0, 0.05) is 15.4 Å². The van der Waals surface area contributed by atoms with Gasteiger partial charge in [0.15, 0.2) is 0 Å². The third-order valence-corrected chi connectivity index (χ3v) is 4.85. The fraction of sp³-hybridized carbons (Fsp3) is 0.143. The van der Waals surface area contributed by atoms with Crippen molar-refractivity contribution in [3.05, 3.63) is 49.8 Å². The second-order valence-corrected chi connectivity index (χ2v) is 6.44. The number of nitrogens with one attached hydrogen (secondary N) is 1. The highest BCUT2D eigenvalue weighted by Gasteiger charge is 2.14. The monoisotopic (exact) mass is 368 g/mol. The van der Waals surface area contributed by atoms with Crippen molar-refractivity contribution >= 4 is 49.1 Å². The number of thiophene rings is 1. The minimum Gasteiger partial charge on any atom is -0.309 e. The van der Waals surface area contributed by atoms with Crippen LogP contribution in [0.15, 0.2) is 32.8 Å². The zero-order valence-corrected chi connectivity index (χ0v) is 13.7. The first kappa shape index (κ1) is 13.8. The van der Waals surface area contributed by atoms with Crippen LogP contribution < -0.4 is 5.56 Å². The minimum absolute atomic E-state index is 0.143. The van der Waals surface area contributed by atoms with Crippen LogP contribution in [0.1, 0.15) is 11.4 Å². The molecule has 0 saturated heterocycles. The molecule has 0 aliphatic rings. The topological polar surface area (TPSA) is 45.8 Å². The SMILES string of the molecule is Cc1ccc(Br)c(-c2csc3nc(CCl)[nH]c(=O)c23)c1. The average molecular weight is 370 g/mol. The first-order valence-corrected chi connectivity index (χ1v) is 8.13. The normalized spacial score (nSPS) is 11.2. The van der Waals surface area contributed by atoms with Gasteiger partial charge in [-0.05, 0) is 18.6 Å². The predicted molar refractivity (Wildman–Crippen MR) is 87.7 cm³/mol. The highest BCUT2D eigenvalue weighted by atomic mass is 79.9. The number of hydrogen-bond donors (Lipinski definition) is 1. The van der Waals surface area contributed by atoms with Crippen LogP contribution in [0.25, 0.3) is 21.3 Å². The van der Waals surface area contributed by atoms with Crippen molar-refractivity contribution in [2.45, 2.75) is 12.8 Å². The van der Waals surface area contributed by atoms with Crippen LogP contribution in [0.2, 0.25) is 0 Å². The molecule has 0 unspecified atom stereocenters. The summed E-state index contributed by atoms with van der Waals surface area (Å²) in [6, 6.07) is 6.07. The summed E-state index contributed by atoms with van der Waals surface area (Å²) in [5.41, 5.74) is 2.90. The van der Waals surface area contributed by atoms with Gasteiger partial charge in [-0.15, -0.1) is 22.9 Å². The van der Waals surface area contributed by atoms with Crippen LogP contribution in [0.5, 0.6) is 0 Å². The molecule has 6 heteroatoms. The highest BCUT2D eigenvalue weighted by Crippen LogP contribution is 2.35. The molecule has 0 aliphatic heterocycles. The number of alkyl halides is 1. The van der Waals surface area contributed by atoms with E-state index in [9.17, 15) is 4.79 Å². The van der Waals surface area contributed by atoms with Crippen molar-refractivity contribution in [2.75, 3.05) is 0 Å². The Kier molecular flexibility index (Phi) is 3.67. The van der Waals surface area contributed by atoms with Gasteiger partial charge in [-0.2, -0.15) is 0 Å². The lowest BCUT2D eigenvalue weighted by atomic mass is 10.0. The molecular weight excluding hydrogens is 360 g/mol. The molecular formula is C14H10BrClN2OS. The molecule has 3 aromatic rings. The van der Waals surface area contributed by atoms with Crippen molar-refractivity contribution in [3.63, 3.8) is 0 Å². The molecule has 2 heterocycles. The van der Waals surface area contributed by atoms with Crippen molar-refractivity contribution in [1.29, 1.82) is 0 Å². The van der Waals surface area contributed by atoms with Gasteiger partial charge in [-0.1, -0.05) is 33.6 Å². The number of fused-ring (bicyclic) bond motifs is 1. The van der Waals surface area contributed by atoms with E-state index in [4.69, 9.17) is 11.6 Å². The fourth-order valence-corrected chi connectivity index (χ4v) is 3.65. The van der Waals surface area contributed by atoms with E-state index in [-0.39, 0.29) is 11.4 Å². The number of aryl methyl sites for hydroxylation is 1. The Morgan fingerprint density at radius 2 is 2.20 bits per heavy atom. The van der Waals surface area contributed by atoms with Crippen molar-refractivity contribution < 1.29 is 0 Å². The molecule has 0 atom stereocenters. The predicted octanol–water partition coefficient (Wildman–Crippen LogP) is 4.46. The molecule has 0 aliphatic carbocycles. The van der Waals surface area contributed by atoms with Crippen LogP contribution >= 0.6 is 38.9 Å². The first-order chi connectivity index (χ1) is 9.60. The van der Waals surface area contributed by atoms with Crippen molar-refractivity contribution in [1.82, 2.24) is 9.97 Å². The molecule has 102 valence electrons. The third kappa shape index (κ3) is 2.30. The molecule has 0 radical (unpaired) electrons. The van der Waals surface area contributed by atoms with Crippen molar-refractivity contribution in [2.24, 2.45) is 0 Å². The van der Waals surface area contributed by atoms with Crippen LogP contribution in [0, 0.1) is 6.92 Å². The van der Waals surface area contributed by atoms with Gasteiger partial charge in [-0.3, -0.25) is 4.79 Å². The summed E-state index contributed by atoms with van der Waals surface area (Å²) < 4.78 is 0.962. The lowest BCUT2D eigenvalue weighted by molar-refractivity contribution is 1.04. The average Bonchev–Trinajstić information content (AvgIpc) is 2.85. The van der Waals surface area contributed by atoms with Crippen molar-refractivity contribution in [3.8, 4) is 11.1 Å². The number of hydrogen-bond acceptors (Lipinski definition) is 3. The summed E-state index contributed by atoms with van der Waals surface area (Å²) in [5.74, 6) is 0.702. The van der Waals surface area contributed by atoms with Gasteiger partial charge in [0.25, 0.3) is 5.56 Å². The number of halogens is 2. The second kappa shape index (κ2) is 5.31. The molecule has 0 saturated carbocycles. The van der Waals surface area contributed by atoms with E-state index in [0.29, 0.717) is 16.0 Å². The maximum Gasteiger partial charge on any atom is 0.260 e. The van der Waals surface area contributed by atoms with Crippen LogP contribution in [-0.4, -0.2) is 9.97 Å². The number of rotatable bonds is 2. The second-order valence-electron chi connectivity index (χ2n) is 4.46. The first-order valence-electron chi connectivity index (χ1n) is 5.93. The smallest absolute Gasteiger partial charge is 0.260 e. The number of benzene rings is 1. The fourth-order valence-electron chi connectivity index (χ4n) is 2.10. The van der Waals surface area contributed by atoms with Gasteiger partial charge in [0.2, 0.25) is 0 Å². The lowest BCUT2D eigenvalue weighted by Gasteiger charge is -2.04. The molecule has 0 bridgehead atoms. The molecule has 2 aromatic heterocycles. The van der Waals surface area contributed by atoms with Crippen LogP contribution in [0.4, 0.5) is 0 Å². The maximum atomic E-state index is 12.2. The Balaban J connectivity index is 2.33. The van der Waals surface area contributed by atoms with E-state index >= 15 is 0 Å². The van der Waals surface area contributed by atoms with Gasteiger partial charge in [0.1, 0.15) is 10.7 Å². The molecule has 3 rings (SSSR count). The van der Waals surface area contributed by atoms with Crippen LogP contribution in [-0.2, 0) is 5.88 Å². The molecule has 0 spiro atoms. The molecule has 3 nitrogen and oxygen atoms in total. The summed E-state index contributed by atoms with van der Waals surface area (Å²) in [6.07, 6.45) is 0. The highest BCUT2D eigenvalue weighted by molar-refractivity contribution is 9.10. The number of aromatic nitrogens is 2. The Bertz CT molecular complexity index is 856. The molecule has 20 heavy (non-hydrogen) atoms. The van der Waals surface area contributed by atoms with Gasteiger partial charge >= 0.3 is 0 Å². The summed E-state index contributed by atoms with van der Waals surface area (Å²) in [5, 5.41) is 2.58. The van der Waals surface area contributed by atoms with Gasteiger partial charge < -0.3 is 4.98 Å². The summed E-state index contributed by atoms with van der Waals surface area (Å²) in [6.45, 7) is 2.03. The lowest BCUT2D eigenvalue weighted by Crippen LogP contribution is -2.10. The molecule has 1 aromatic carbocycles. The Morgan fingerprint density at radius 1 is 1.40 bits per heavy atom. The van der Waals surface area contributed by atoms with E-state index in [1.165, 1.54) is 11.3 Å². The number of aromatic amines is 1. The summed E-state index contributed by atoms with van der Waals surface area (Å²) >= 11 is 10.7. The zero-order chi connectivity index (χ0) is 14.3. The Morgan fingerprint density at radius 3 is 2.95 bits per heavy atom. The maximum absolute atomic E-state index is 12.2. The van der Waals surface area contributed by atoms with E-state index in [1.807, 2.05) is 24.4 Å². The largest absolute Gasteiger partial charge is 0.309 e. The van der Waals surface area contributed by atoms with Gasteiger partial charge in [0.05, 0.1) is 11.3 Å².